The first-order valence-corrected chi connectivity index (χ1v) is 12.0. The van der Waals surface area contributed by atoms with Gasteiger partial charge in [0.15, 0.2) is 17.5 Å². The SMILES string of the molecule is CC(N1CCC(Nc2nc(-c3c[nH]c4ncccc34)ncc2F)(C(=O)NCC(F)(F)F)CC1)S(=O)[O-]. The summed E-state index contributed by atoms with van der Waals surface area (Å²) < 4.78 is 75.9. The Bertz CT molecular complexity index is 1280. The third-order valence-electron chi connectivity index (χ3n) is 6.12. The van der Waals surface area contributed by atoms with E-state index < -0.39 is 46.4 Å². The average Bonchev–Trinajstić information content (AvgIpc) is 3.27. The van der Waals surface area contributed by atoms with Crippen LogP contribution < -0.4 is 10.6 Å². The Morgan fingerprint density at radius 1 is 1.33 bits per heavy atom. The zero-order valence-electron chi connectivity index (χ0n) is 18.9. The number of aromatic amines is 1. The Morgan fingerprint density at radius 3 is 2.72 bits per heavy atom. The predicted molar refractivity (Wildman–Crippen MR) is 122 cm³/mol. The summed E-state index contributed by atoms with van der Waals surface area (Å²) in [5.74, 6) is -2.16. The van der Waals surface area contributed by atoms with Crippen LogP contribution >= 0.6 is 0 Å². The highest BCUT2D eigenvalue weighted by Crippen LogP contribution is 2.31. The predicted octanol–water partition coefficient (Wildman–Crippen LogP) is 2.31. The van der Waals surface area contributed by atoms with Crippen LogP contribution in [-0.4, -0.2) is 76.2 Å². The lowest BCUT2D eigenvalue weighted by molar-refractivity contribution is -0.142. The van der Waals surface area contributed by atoms with E-state index in [9.17, 15) is 31.1 Å². The molecule has 1 fully saturated rings. The van der Waals surface area contributed by atoms with Gasteiger partial charge < -0.3 is 20.2 Å². The van der Waals surface area contributed by atoms with Crippen molar-refractivity contribution in [3.8, 4) is 11.4 Å². The molecule has 36 heavy (non-hydrogen) atoms. The van der Waals surface area contributed by atoms with Gasteiger partial charge in [0.2, 0.25) is 5.91 Å². The highest BCUT2D eigenvalue weighted by molar-refractivity contribution is 7.79. The number of rotatable bonds is 7. The van der Waals surface area contributed by atoms with E-state index in [1.807, 2.05) is 5.32 Å². The molecule has 4 rings (SSSR count). The molecule has 4 heterocycles. The average molecular weight is 529 g/mol. The molecule has 3 N–H and O–H groups in total. The lowest BCUT2D eigenvalue weighted by Crippen LogP contribution is -2.60. The van der Waals surface area contributed by atoms with Crippen LogP contribution in [0.1, 0.15) is 19.8 Å². The number of carbonyl (C=O) groups excluding carboxylic acids is 1. The second kappa shape index (κ2) is 10.1. The zero-order chi connectivity index (χ0) is 26.1. The molecule has 2 atom stereocenters. The van der Waals surface area contributed by atoms with Crippen molar-refractivity contribution in [1.82, 2.24) is 30.2 Å². The molecule has 1 saturated heterocycles. The third kappa shape index (κ3) is 5.47. The van der Waals surface area contributed by atoms with Crippen LogP contribution in [0.2, 0.25) is 0 Å². The van der Waals surface area contributed by atoms with Crippen LogP contribution in [0.5, 0.6) is 0 Å². The smallest absolute Gasteiger partial charge is 0.405 e. The summed E-state index contributed by atoms with van der Waals surface area (Å²) in [5, 5.41) is 4.39. The number of fused-ring (bicyclic) bond motifs is 1. The van der Waals surface area contributed by atoms with Crippen LogP contribution in [0.15, 0.2) is 30.7 Å². The number of carbonyl (C=O) groups is 1. The van der Waals surface area contributed by atoms with Crippen molar-refractivity contribution < 1.29 is 31.1 Å². The molecule has 15 heteroatoms. The molecule has 0 radical (unpaired) electrons. The molecule has 3 aromatic heterocycles. The fourth-order valence-electron chi connectivity index (χ4n) is 4.10. The lowest BCUT2D eigenvalue weighted by Gasteiger charge is -2.43. The number of H-pyrrole nitrogens is 1. The number of anilines is 1. The molecule has 194 valence electrons. The van der Waals surface area contributed by atoms with E-state index in [0.29, 0.717) is 16.6 Å². The maximum absolute atomic E-state index is 14.8. The van der Waals surface area contributed by atoms with Gasteiger partial charge in [-0.15, -0.1) is 0 Å². The van der Waals surface area contributed by atoms with Gasteiger partial charge in [0.25, 0.3) is 0 Å². The van der Waals surface area contributed by atoms with Crippen LogP contribution in [0, 0.1) is 5.82 Å². The maximum Gasteiger partial charge on any atom is 0.405 e. The number of likely N-dealkylation sites (tertiary alicyclic amines) is 1. The number of nitrogens with one attached hydrogen (secondary N) is 3. The van der Waals surface area contributed by atoms with E-state index in [2.05, 4.69) is 25.3 Å². The number of hydrogen-bond donors (Lipinski definition) is 3. The van der Waals surface area contributed by atoms with Gasteiger partial charge in [-0.2, -0.15) is 13.2 Å². The molecule has 10 nitrogen and oxygen atoms in total. The Kier molecular flexibility index (Phi) is 7.24. The number of pyridine rings is 1. The van der Waals surface area contributed by atoms with Crippen LogP contribution in [0.4, 0.5) is 23.4 Å². The van der Waals surface area contributed by atoms with Crippen molar-refractivity contribution in [2.24, 2.45) is 0 Å². The standard InChI is InChI=1S/C21H23F4N7O3S/c1-12(36(34)35)32-7-4-20(5-8-32,19(33)29-11-21(23,24)25)31-18-15(22)10-28-17(30-18)14-9-27-16-13(14)3-2-6-26-16/h2-3,6,9-10,12H,4-5,7-8,11H2,1H3,(H,26,27)(H,29,33)(H,34,35)(H,28,30,31)/p-1. The normalized spacial score (nSPS) is 18.1. The summed E-state index contributed by atoms with van der Waals surface area (Å²) in [6.45, 7) is 0.0179. The van der Waals surface area contributed by atoms with E-state index in [1.165, 1.54) is 6.92 Å². The number of nitrogens with zero attached hydrogens (tertiary/aromatic N) is 4. The van der Waals surface area contributed by atoms with Gasteiger partial charge in [0, 0.05) is 36.4 Å². The molecule has 0 bridgehead atoms. The number of aromatic nitrogens is 4. The molecular weight excluding hydrogens is 506 g/mol. The van der Waals surface area contributed by atoms with Crippen molar-refractivity contribution in [2.75, 3.05) is 25.0 Å². The lowest BCUT2D eigenvalue weighted by atomic mass is 9.86. The fourth-order valence-corrected chi connectivity index (χ4v) is 4.56. The fraction of sp³-hybridized carbons (Fsp3) is 0.429. The van der Waals surface area contributed by atoms with Crippen LogP contribution in [0.25, 0.3) is 22.4 Å². The molecule has 0 aliphatic carbocycles. The van der Waals surface area contributed by atoms with Gasteiger partial charge in [-0.3, -0.25) is 13.9 Å². The van der Waals surface area contributed by atoms with Gasteiger partial charge in [-0.05, 0) is 43.0 Å². The molecule has 0 saturated carbocycles. The summed E-state index contributed by atoms with van der Waals surface area (Å²) in [6.07, 6.45) is -0.757. The summed E-state index contributed by atoms with van der Waals surface area (Å²) in [4.78, 5) is 29.9. The minimum atomic E-state index is -4.65. The van der Waals surface area contributed by atoms with Gasteiger partial charge in [0.1, 0.15) is 17.7 Å². The minimum Gasteiger partial charge on any atom is -0.771 e. The number of amides is 1. The molecule has 3 aromatic rings. The Hall–Kier alpha value is -3.17. The second-order valence-corrected chi connectivity index (χ2v) is 9.60. The Labute approximate surface area is 205 Å². The van der Waals surface area contributed by atoms with Gasteiger partial charge in [-0.1, -0.05) is 0 Å². The second-order valence-electron chi connectivity index (χ2n) is 8.39. The Morgan fingerprint density at radius 2 is 2.06 bits per heavy atom. The number of alkyl halides is 3. The molecule has 1 aliphatic rings. The molecule has 2 unspecified atom stereocenters. The summed E-state index contributed by atoms with van der Waals surface area (Å²) in [5.41, 5.74) is -0.603. The summed E-state index contributed by atoms with van der Waals surface area (Å²) in [7, 11) is 0. The van der Waals surface area contributed by atoms with Gasteiger partial charge in [0.05, 0.1) is 11.6 Å². The molecule has 1 amide bonds. The zero-order valence-corrected chi connectivity index (χ0v) is 19.7. The minimum absolute atomic E-state index is 0.0647. The van der Waals surface area contributed by atoms with E-state index in [-0.39, 0.29) is 37.6 Å². The highest BCUT2D eigenvalue weighted by atomic mass is 32.2. The quantitative estimate of drug-likeness (QED) is 0.314. The van der Waals surface area contributed by atoms with E-state index in [0.717, 1.165) is 6.20 Å². The van der Waals surface area contributed by atoms with E-state index in [4.69, 9.17) is 0 Å². The van der Waals surface area contributed by atoms with Crippen LogP contribution in [0.3, 0.4) is 0 Å². The first-order chi connectivity index (χ1) is 17.0. The molecule has 0 aromatic carbocycles. The summed E-state index contributed by atoms with van der Waals surface area (Å²) >= 11 is -2.41. The van der Waals surface area contributed by atoms with E-state index in [1.54, 1.807) is 29.4 Å². The van der Waals surface area contributed by atoms with Crippen molar-refractivity contribution >= 4 is 33.8 Å². The first-order valence-electron chi connectivity index (χ1n) is 10.9. The van der Waals surface area contributed by atoms with Crippen molar-refractivity contribution in [2.45, 2.75) is 36.9 Å². The van der Waals surface area contributed by atoms with E-state index >= 15 is 0 Å². The van der Waals surface area contributed by atoms with Crippen LogP contribution in [-0.2, 0) is 15.9 Å². The van der Waals surface area contributed by atoms with Crippen molar-refractivity contribution in [3.63, 3.8) is 0 Å². The topological polar surface area (TPSA) is 139 Å². The number of piperidine rings is 1. The molecule has 1 aliphatic heterocycles. The molecular formula is C21H22F4N7O3S-. The Balaban J connectivity index is 1.65. The third-order valence-corrected chi connectivity index (χ3v) is 6.98. The van der Waals surface area contributed by atoms with Crippen molar-refractivity contribution in [1.29, 1.82) is 0 Å². The van der Waals surface area contributed by atoms with Gasteiger partial charge >= 0.3 is 6.18 Å². The highest BCUT2D eigenvalue weighted by Gasteiger charge is 2.44. The van der Waals surface area contributed by atoms with Gasteiger partial charge in [-0.25, -0.2) is 19.3 Å². The summed E-state index contributed by atoms with van der Waals surface area (Å²) in [6, 6.07) is 3.46. The molecule has 0 spiro atoms. The number of hydrogen-bond acceptors (Lipinski definition) is 8. The largest absolute Gasteiger partial charge is 0.771 e. The number of halogens is 4. The maximum atomic E-state index is 14.8. The first kappa shape index (κ1) is 25.9. The van der Waals surface area contributed by atoms with Crippen molar-refractivity contribution in [3.05, 3.63) is 36.5 Å². The monoisotopic (exact) mass is 528 g/mol.